The van der Waals surface area contributed by atoms with Crippen LogP contribution in [0.15, 0.2) is 78.0 Å². The second-order valence-electron chi connectivity index (χ2n) is 7.05. The number of nitrogens with zero attached hydrogens (tertiary/aromatic N) is 6. The highest BCUT2D eigenvalue weighted by atomic mass is 16.5. The van der Waals surface area contributed by atoms with Gasteiger partial charge in [-0.3, -0.25) is 9.55 Å². The van der Waals surface area contributed by atoms with Crippen molar-refractivity contribution in [1.29, 1.82) is 5.26 Å². The van der Waals surface area contributed by atoms with Crippen molar-refractivity contribution in [2.75, 3.05) is 7.11 Å². The largest absolute Gasteiger partial charge is 0.481 e. The molecule has 3 heterocycles. The average Bonchev–Trinajstić information content (AvgIpc) is 3.11. The van der Waals surface area contributed by atoms with Crippen molar-refractivity contribution in [2.24, 2.45) is 12.0 Å². The number of aromatic nitrogens is 4. The van der Waals surface area contributed by atoms with Crippen LogP contribution in [0.1, 0.15) is 0 Å². The van der Waals surface area contributed by atoms with Crippen LogP contribution in [0.2, 0.25) is 0 Å². The van der Waals surface area contributed by atoms with Gasteiger partial charge < -0.3 is 9.30 Å². The Morgan fingerprint density at radius 3 is 2.52 bits per heavy atom. The summed E-state index contributed by atoms with van der Waals surface area (Å²) < 4.78 is 9.00. The number of imidazole rings is 1. The quantitative estimate of drug-likeness (QED) is 0.425. The van der Waals surface area contributed by atoms with Crippen LogP contribution in [0.25, 0.3) is 38.8 Å². The lowest BCUT2D eigenvalue weighted by Gasteiger charge is -2.09. The fraction of sp³-hybridized carbons (Fsp3) is 0.0833. The van der Waals surface area contributed by atoms with E-state index in [4.69, 9.17) is 4.74 Å². The maximum Gasteiger partial charge on any atom is 0.226 e. The topological polar surface area (TPSA) is 81.0 Å². The zero-order valence-electron chi connectivity index (χ0n) is 17.0. The van der Waals surface area contributed by atoms with E-state index >= 15 is 0 Å². The number of nitriles is 1. The maximum atomic E-state index is 9.33. The van der Waals surface area contributed by atoms with Crippen LogP contribution in [0.4, 0.5) is 0 Å². The summed E-state index contributed by atoms with van der Waals surface area (Å²) in [5.41, 5.74) is 6.11. The van der Waals surface area contributed by atoms with Crippen LogP contribution in [-0.4, -0.2) is 26.2 Å². The molecule has 0 aliphatic rings. The van der Waals surface area contributed by atoms with E-state index < -0.39 is 0 Å². The molecule has 5 aromatic rings. The van der Waals surface area contributed by atoms with E-state index in [1.807, 2.05) is 58.9 Å². The first-order valence-electron chi connectivity index (χ1n) is 9.70. The van der Waals surface area contributed by atoms with Gasteiger partial charge in [0.2, 0.25) is 17.7 Å². The van der Waals surface area contributed by atoms with Crippen molar-refractivity contribution in [1.82, 2.24) is 19.1 Å². The highest BCUT2D eigenvalue weighted by Crippen LogP contribution is 2.29. The fourth-order valence-electron chi connectivity index (χ4n) is 3.86. The molecule has 7 heteroatoms. The van der Waals surface area contributed by atoms with Gasteiger partial charge in [0.15, 0.2) is 0 Å². The zero-order valence-corrected chi connectivity index (χ0v) is 17.0. The first kappa shape index (κ1) is 18.6. The van der Waals surface area contributed by atoms with Crippen LogP contribution in [0.3, 0.4) is 0 Å². The Morgan fingerprint density at radius 2 is 1.81 bits per heavy atom. The van der Waals surface area contributed by atoms with Gasteiger partial charge >= 0.3 is 0 Å². The van der Waals surface area contributed by atoms with Gasteiger partial charge in [-0.15, -0.1) is 4.99 Å². The molecule has 150 valence electrons. The number of rotatable bonds is 3. The third-order valence-corrected chi connectivity index (χ3v) is 5.35. The summed E-state index contributed by atoms with van der Waals surface area (Å²) in [6, 6.07) is 20.1. The molecule has 0 atom stereocenters. The van der Waals surface area contributed by atoms with Crippen molar-refractivity contribution in [3.05, 3.63) is 78.7 Å². The van der Waals surface area contributed by atoms with Gasteiger partial charge in [0, 0.05) is 18.5 Å². The molecule has 0 bridgehead atoms. The van der Waals surface area contributed by atoms with E-state index in [2.05, 4.69) is 39.2 Å². The van der Waals surface area contributed by atoms with E-state index in [0.29, 0.717) is 11.5 Å². The molecule has 0 radical (unpaired) electrons. The van der Waals surface area contributed by atoms with Crippen LogP contribution < -0.4 is 10.4 Å². The van der Waals surface area contributed by atoms with Crippen molar-refractivity contribution in [3.8, 4) is 28.9 Å². The second kappa shape index (κ2) is 7.43. The van der Waals surface area contributed by atoms with E-state index in [0.717, 1.165) is 38.8 Å². The standard InChI is InChI=1S/C24H18N6O/c1-29-21-14-26-20-10-8-17(16-6-4-3-5-7-16)12-19(20)23(21)30(24(29)28-15-25)18-9-11-22(31-2)27-13-18/h3-14H,1-2H3. The van der Waals surface area contributed by atoms with Gasteiger partial charge in [-0.25, -0.2) is 4.98 Å². The Kier molecular flexibility index (Phi) is 4.45. The van der Waals surface area contributed by atoms with Crippen LogP contribution >= 0.6 is 0 Å². The molecule has 31 heavy (non-hydrogen) atoms. The maximum absolute atomic E-state index is 9.33. The summed E-state index contributed by atoms with van der Waals surface area (Å²) in [6.45, 7) is 0. The number of methoxy groups -OCH3 is 1. The lowest BCUT2D eigenvalue weighted by atomic mass is 10.0. The van der Waals surface area contributed by atoms with Gasteiger partial charge in [0.1, 0.15) is 0 Å². The summed E-state index contributed by atoms with van der Waals surface area (Å²) in [5, 5.41) is 10.3. The van der Waals surface area contributed by atoms with Crippen LogP contribution in [-0.2, 0) is 7.05 Å². The predicted molar refractivity (Wildman–Crippen MR) is 119 cm³/mol. The minimum absolute atomic E-state index is 0.490. The van der Waals surface area contributed by atoms with Crippen molar-refractivity contribution < 1.29 is 4.74 Å². The molecule has 0 saturated heterocycles. The summed E-state index contributed by atoms with van der Waals surface area (Å²) in [7, 11) is 3.45. The van der Waals surface area contributed by atoms with Gasteiger partial charge in [0.25, 0.3) is 0 Å². The minimum Gasteiger partial charge on any atom is -0.481 e. The van der Waals surface area contributed by atoms with E-state index in [9.17, 15) is 5.26 Å². The highest BCUT2D eigenvalue weighted by molar-refractivity contribution is 6.04. The molecule has 7 nitrogen and oxygen atoms in total. The molecule has 0 amide bonds. The lowest BCUT2D eigenvalue weighted by Crippen LogP contribution is -2.22. The van der Waals surface area contributed by atoms with Crippen molar-refractivity contribution in [2.45, 2.75) is 0 Å². The molecule has 0 N–H and O–H groups in total. The monoisotopic (exact) mass is 406 g/mol. The molecule has 0 unspecified atom stereocenters. The number of hydrogen-bond acceptors (Lipinski definition) is 5. The first-order chi connectivity index (χ1) is 15.2. The highest BCUT2D eigenvalue weighted by Gasteiger charge is 2.16. The SMILES string of the molecule is COc1ccc(-n2c(=NC#N)n(C)c3cnc4ccc(-c5ccccc5)cc4c32)cn1. The number of ether oxygens (including phenoxy) is 1. The van der Waals surface area contributed by atoms with E-state index in [1.54, 1.807) is 19.4 Å². The Bertz CT molecular complexity index is 1520. The van der Waals surface area contributed by atoms with Gasteiger partial charge in [-0.2, -0.15) is 5.26 Å². The van der Waals surface area contributed by atoms with E-state index in [-0.39, 0.29) is 0 Å². The Hall–Kier alpha value is -4.44. The molecule has 0 aliphatic carbocycles. The number of pyridine rings is 2. The Labute approximate surface area is 178 Å². The lowest BCUT2D eigenvalue weighted by molar-refractivity contribution is 0.398. The Balaban J connectivity index is 1.91. The van der Waals surface area contributed by atoms with Gasteiger partial charge in [-0.1, -0.05) is 36.4 Å². The third kappa shape index (κ3) is 3.02. The smallest absolute Gasteiger partial charge is 0.226 e. The normalized spacial score (nSPS) is 11.7. The van der Waals surface area contributed by atoms with Gasteiger partial charge in [0.05, 0.1) is 41.7 Å². The molecule has 0 spiro atoms. The number of fused-ring (bicyclic) bond motifs is 3. The minimum atomic E-state index is 0.490. The van der Waals surface area contributed by atoms with Gasteiger partial charge in [-0.05, 0) is 29.3 Å². The summed E-state index contributed by atoms with van der Waals surface area (Å²) in [5.74, 6) is 0.515. The summed E-state index contributed by atoms with van der Waals surface area (Å²) >= 11 is 0. The first-order valence-corrected chi connectivity index (χ1v) is 9.70. The zero-order chi connectivity index (χ0) is 21.4. The number of hydrogen-bond donors (Lipinski definition) is 0. The average molecular weight is 406 g/mol. The number of aryl methyl sites for hydroxylation is 1. The molecule has 0 aliphatic heterocycles. The number of benzene rings is 2. The summed E-state index contributed by atoms with van der Waals surface area (Å²) in [6.07, 6.45) is 5.44. The Morgan fingerprint density at radius 1 is 0.968 bits per heavy atom. The van der Waals surface area contributed by atoms with E-state index in [1.165, 1.54) is 0 Å². The van der Waals surface area contributed by atoms with Crippen LogP contribution in [0.5, 0.6) is 5.88 Å². The van der Waals surface area contributed by atoms with Crippen molar-refractivity contribution in [3.63, 3.8) is 0 Å². The molecule has 0 fully saturated rings. The molecule has 2 aromatic carbocycles. The molecule has 0 saturated carbocycles. The molecule has 3 aromatic heterocycles. The van der Waals surface area contributed by atoms with Crippen LogP contribution in [0, 0.1) is 11.5 Å². The van der Waals surface area contributed by atoms with Crippen molar-refractivity contribution >= 4 is 21.9 Å². The second-order valence-corrected chi connectivity index (χ2v) is 7.05. The predicted octanol–water partition coefficient (Wildman–Crippen LogP) is 3.97. The molecular weight excluding hydrogens is 388 g/mol. The molecule has 5 rings (SSSR count). The third-order valence-electron chi connectivity index (χ3n) is 5.35. The summed E-state index contributed by atoms with van der Waals surface area (Å²) in [4.78, 5) is 13.1. The molecular formula is C24H18N6O. The fourth-order valence-corrected chi connectivity index (χ4v) is 3.86.